The highest BCUT2D eigenvalue weighted by atomic mass is 32.2. The van der Waals surface area contributed by atoms with Gasteiger partial charge in [0.25, 0.3) is 0 Å². The Bertz CT molecular complexity index is 760. The first-order chi connectivity index (χ1) is 9.98. The molecule has 0 aliphatic heterocycles. The van der Waals surface area contributed by atoms with Crippen LogP contribution in [0.5, 0.6) is 0 Å². The van der Waals surface area contributed by atoms with E-state index in [2.05, 4.69) is 10.3 Å². The van der Waals surface area contributed by atoms with Gasteiger partial charge < -0.3 is 5.32 Å². The molecule has 1 heterocycles. The highest BCUT2D eigenvalue weighted by molar-refractivity contribution is 7.91. The van der Waals surface area contributed by atoms with E-state index in [1.165, 1.54) is 17.5 Å². The smallest absolute Gasteiger partial charge is 0.241 e. The van der Waals surface area contributed by atoms with Crippen LogP contribution in [0.3, 0.4) is 0 Å². The molecule has 2 aromatic rings. The zero-order valence-corrected chi connectivity index (χ0v) is 12.4. The van der Waals surface area contributed by atoms with E-state index in [0.29, 0.717) is 16.3 Å². The monoisotopic (exact) mass is 321 g/mol. The summed E-state index contributed by atoms with van der Waals surface area (Å²) in [5.74, 6) is -1.46. The van der Waals surface area contributed by atoms with E-state index in [1.807, 2.05) is 6.07 Å². The average Bonchev–Trinajstić information content (AvgIpc) is 2.91. The number of nitrogens with one attached hydrogen (secondary N) is 1. The van der Waals surface area contributed by atoms with E-state index in [9.17, 15) is 13.2 Å². The number of amides is 1. The van der Waals surface area contributed by atoms with Crippen LogP contribution >= 0.6 is 11.3 Å². The van der Waals surface area contributed by atoms with E-state index in [-0.39, 0.29) is 5.75 Å². The number of nitriles is 1. The summed E-state index contributed by atoms with van der Waals surface area (Å²) in [5, 5.41) is 13.2. The molecule has 0 bridgehead atoms. The molecule has 1 amide bonds. The number of rotatable bonds is 5. The maximum atomic E-state index is 12.0. The minimum atomic E-state index is -3.57. The predicted octanol–water partition coefficient (Wildman–Crippen LogP) is 1.57. The normalized spacial score (nSPS) is 10.8. The van der Waals surface area contributed by atoms with Gasteiger partial charge in [-0.3, -0.25) is 4.79 Å². The highest BCUT2D eigenvalue weighted by Gasteiger charge is 2.18. The van der Waals surface area contributed by atoms with Crippen LogP contribution in [0.25, 0.3) is 0 Å². The van der Waals surface area contributed by atoms with Crippen LogP contribution in [0.4, 0.5) is 5.13 Å². The zero-order chi connectivity index (χ0) is 15.3. The summed E-state index contributed by atoms with van der Waals surface area (Å²) >= 11 is 1.22. The second-order valence-corrected chi connectivity index (χ2v) is 7.19. The van der Waals surface area contributed by atoms with Gasteiger partial charge in [0.05, 0.1) is 17.4 Å². The van der Waals surface area contributed by atoms with Crippen molar-refractivity contribution in [3.8, 4) is 6.07 Å². The lowest BCUT2D eigenvalue weighted by molar-refractivity contribution is -0.113. The Balaban J connectivity index is 1.98. The Hall–Kier alpha value is -2.24. The topological polar surface area (TPSA) is 99.9 Å². The van der Waals surface area contributed by atoms with Crippen molar-refractivity contribution in [2.45, 2.75) is 5.75 Å². The molecule has 2 rings (SSSR count). The fourth-order valence-corrected chi connectivity index (χ4v) is 3.44. The summed E-state index contributed by atoms with van der Waals surface area (Å²) in [7, 11) is -3.57. The lowest BCUT2D eigenvalue weighted by atomic mass is 10.2. The largest absolute Gasteiger partial charge is 0.301 e. The van der Waals surface area contributed by atoms with Gasteiger partial charge in [-0.2, -0.15) is 5.26 Å². The quantitative estimate of drug-likeness (QED) is 0.901. The Morgan fingerprint density at radius 2 is 2.05 bits per heavy atom. The molecule has 0 aliphatic rings. The molecule has 0 radical (unpaired) electrons. The molecule has 8 heteroatoms. The molecule has 21 heavy (non-hydrogen) atoms. The summed E-state index contributed by atoms with van der Waals surface area (Å²) in [6, 6.07) is 8.17. The first-order valence-corrected chi connectivity index (χ1v) is 8.57. The van der Waals surface area contributed by atoms with Gasteiger partial charge in [-0.1, -0.05) is 12.1 Å². The van der Waals surface area contributed by atoms with Crippen LogP contribution in [-0.4, -0.2) is 25.1 Å². The summed E-state index contributed by atoms with van der Waals surface area (Å²) < 4.78 is 23.9. The molecular formula is C13H11N3O3S2. The van der Waals surface area contributed by atoms with Gasteiger partial charge in [0, 0.05) is 11.6 Å². The first-order valence-electron chi connectivity index (χ1n) is 5.87. The number of sulfone groups is 1. The number of nitrogens with zero attached hydrogens (tertiary/aromatic N) is 2. The van der Waals surface area contributed by atoms with Crippen LogP contribution < -0.4 is 5.32 Å². The van der Waals surface area contributed by atoms with Gasteiger partial charge in [0.15, 0.2) is 15.0 Å². The second-order valence-electron chi connectivity index (χ2n) is 4.23. The number of benzene rings is 1. The third-order valence-electron chi connectivity index (χ3n) is 2.50. The molecule has 1 N–H and O–H groups in total. The maximum absolute atomic E-state index is 12.0. The molecule has 0 atom stereocenters. The SMILES string of the molecule is N#Cc1ccc(CS(=O)(=O)CC(=O)Nc2nccs2)cc1. The standard InChI is InChI=1S/C13H11N3O3S2/c14-7-10-1-3-11(4-2-10)8-21(18,19)9-12(17)16-13-15-5-6-20-13/h1-6H,8-9H2,(H,15,16,17). The van der Waals surface area contributed by atoms with Crippen molar-refractivity contribution in [3.05, 3.63) is 47.0 Å². The van der Waals surface area contributed by atoms with Crippen molar-refractivity contribution in [1.29, 1.82) is 5.26 Å². The zero-order valence-electron chi connectivity index (χ0n) is 10.8. The Kier molecular flexibility index (Phi) is 4.67. The van der Waals surface area contributed by atoms with Crippen LogP contribution in [0.15, 0.2) is 35.8 Å². The molecule has 6 nitrogen and oxygen atoms in total. The molecule has 0 fully saturated rings. The molecule has 1 aromatic heterocycles. The molecule has 1 aromatic carbocycles. The molecule has 0 unspecified atom stereocenters. The van der Waals surface area contributed by atoms with E-state index >= 15 is 0 Å². The number of anilines is 1. The lowest BCUT2D eigenvalue weighted by Gasteiger charge is -2.04. The van der Waals surface area contributed by atoms with Crippen molar-refractivity contribution < 1.29 is 13.2 Å². The third-order valence-corrected chi connectivity index (χ3v) is 4.66. The number of thiazole rings is 1. The summed E-state index contributed by atoms with van der Waals surface area (Å²) in [6.45, 7) is 0. The molecular weight excluding hydrogens is 310 g/mol. The first kappa shape index (κ1) is 15.2. The van der Waals surface area contributed by atoms with Crippen LogP contribution in [0, 0.1) is 11.3 Å². The van der Waals surface area contributed by atoms with Crippen molar-refractivity contribution in [3.63, 3.8) is 0 Å². The maximum Gasteiger partial charge on any atom is 0.241 e. The van der Waals surface area contributed by atoms with Gasteiger partial charge >= 0.3 is 0 Å². The van der Waals surface area contributed by atoms with Gasteiger partial charge in [-0.25, -0.2) is 13.4 Å². The fraction of sp³-hybridized carbons (Fsp3) is 0.154. The number of aromatic nitrogens is 1. The average molecular weight is 321 g/mol. The number of hydrogen-bond donors (Lipinski definition) is 1. The van der Waals surface area contributed by atoms with Crippen LogP contribution in [-0.2, 0) is 20.4 Å². The van der Waals surface area contributed by atoms with Gasteiger partial charge in [0.1, 0.15) is 5.75 Å². The van der Waals surface area contributed by atoms with Crippen molar-refractivity contribution in [2.75, 3.05) is 11.1 Å². The highest BCUT2D eigenvalue weighted by Crippen LogP contribution is 2.12. The fourth-order valence-electron chi connectivity index (χ4n) is 1.62. The van der Waals surface area contributed by atoms with Gasteiger partial charge in [0.2, 0.25) is 5.91 Å². The van der Waals surface area contributed by atoms with Gasteiger partial charge in [-0.15, -0.1) is 11.3 Å². The third kappa shape index (κ3) is 4.66. The van der Waals surface area contributed by atoms with E-state index < -0.39 is 21.5 Å². The minimum Gasteiger partial charge on any atom is -0.301 e. The van der Waals surface area contributed by atoms with E-state index in [0.717, 1.165) is 0 Å². The molecule has 0 spiro atoms. The van der Waals surface area contributed by atoms with E-state index in [4.69, 9.17) is 5.26 Å². The molecule has 108 valence electrons. The van der Waals surface area contributed by atoms with Gasteiger partial charge in [-0.05, 0) is 17.7 Å². The Morgan fingerprint density at radius 3 is 2.62 bits per heavy atom. The second kappa shape index (κ2) is 6.47. The lowest BCUT2D eigenvalue weighted by Crippen LogP contribution is -2.23. The Morgan fingerprint density at radius 1 is 1.33 bits per heavy atom. The molecule has 0 saturated heterocycles. The van der Waals surface area contributed by atoms with Crippen molar-refractivity contribution in [1.82, 2.24) is 4.98 Å². The van der Waals surface area contributed by atoms with E-state index in [1.54, 1.807) is 29.6 Å². The minimum absolute atomic E-state index is 0.246. The van der Waals surface area contributed by atoms with Crippen LogP contribution in [0.1, 0.15) is 11.1 Å². The van der Waals surface area contributed by atoms with Crippen molar-refractivity contribution in [2.24, 2.45) is 0 Å². The summed E-state index contributed by atoms with van der Waals surface area (Å²) in [5.41, 5.74) is 0.994. The number of hydrogen-bond acceptors (Lipinski definition) is 6. The number of carbonyl (C=O) groups excluding carboxylic acids is 1. The molecule has 0 saturated carbocycles. The molecule has 0 aliphatic carbocycles. The van der Waals surface area contributed by atoms with Crippen LogP contribution in [0.2, 0.25) is 0 Å². The Labute approximate surface area is 126 Å². The van der Waals surface area contributed by atoms with Crippen molar-refractivity contribution >= 4 is 32.2 Å². The predicted molar refractivity (Wildman–Crippen MR) is 79.4 cm³/mol. The summed E-state index contributed by atoms with van der Waals surface area (Å²) in [4.78, 5) is 15.5. The number of carbonyl (C=O) groups is 1. The summed E-state index contributed by atoms with van der Waals surface area (Å²) in [6.07, 6.45) is 1.52.